The molecule has 3 heterocycles. The molecular weight excluding hydrogens is 192 g/mol. The molecule has 0 spiro atoms. The van der Waals surface area contributed by atoms with Crippen molar-refractivity contribution in [2.75, 3.05) is 26.3 Å². The molecule has 1 aromatic heterocycles. The summed E-state index contributed by atoms with van der Waals surface area (Å²) in [5, 5.41) is 10.8. The van der Waals surface area contributed by atoms with Crippen molar-refractivity contribution in [2.45, 2.75) is 24.8 Å². The SMILES string of the molecule is c1n[nH]nc1C1CCCN(C2COC2)C1. The third kappa shape index (κ3) is 1.77. The van der Waals surface area contributed by atoms with Gasteiger partial charge in [0.2, 0.25) is 0 Å². The first kappa shape index (κ1) is 9.30. The van der Waals surface area contributed by atoms with Crippen LogP contribution in [0.1, 0.15) is 24.5 Å². The van der Waals surface area contributed by atoms with Crippen LogP contribution in [-0.4, -0.2) is 52.7 Å². The van der Waals surface area contributed by atoms with Crippen LogP contribution in [0.3, 0.4) is 0 Å². The van der Waals surface area contributed by atoms with Gasteiger partial charge in [0.25, 0.3) is 0 Å². The van der Waals surface area contributed by atoms with E-state index < -0.39 is 0 Å². The molecule has 82 valence electrons. The number of aromatic nitrogens is 3. The van der Waals surface area contributed by atoms with Gasteiger partial charge < -0.3 is 4.74 Å². The van der Waals surface area contributed by atoms with Crippen molar-refractivity contribution in [3.63, 3.8) is 0 Å². The summed E-state index contributed by atoms with van der Waals surface area (Å²) in [5.74, 6) is 0.554. The minimum atomic E-state index is 0.554. The topological polar surface area (TPSA) is 54.0 Å². The summed E-state index contributed by atoms with van der Waals surface area (Å²) in [4.78, 5) is 2.53. The quantitative estimate of drug-likeness (QED) is 0.763. The Labute approximate surface area is 88.8 Å². The Morgan fingerprint density at radius 3 is 3.07 bits per heavy atom. The number of piperidine rings is 1. The fourth-order valence-electron chi connectivity index (χ4n) is 2.42. The molecule has 5 nitrogen and oxygen atoms in total. The van der Waals surface area contributed by atoms with E-state index in [1.54, 1.807) is 0 Å². The molecule has 0 aliphatic carbocycles. The van der Waals surface area contributed by atoms with E-state index in [9.17, 15) is 0 Å². The second-order valence-electron chi connectivity index (χ2n) is 4.42. The molecule has 1 aromatic rings. The molecule has 0 radical (unpaired) electrons. The third-order valence-corrected chi connectivity index (χ3v) is 3.44. The van der Waals surface area contributed by atoms with Gasteiger partial charge in [0.1, 0.15) is 0 Å². The highest BCUT2D eigenvalue weighted by atomic mass is 16.5. The number of H-pyrrole nitrogens is 1. The predicted octanol–water partition coefficient (Wildman–Crippen LogP) is 0.383. The Bertz CT molecular complexity index is 309. The molecule has 2 aliphatic rings. The van der Waals surface area contributed by atoms with Crippen LogP contribution in [0.2, 0.25) is 0 Å². The van der Waals surface area contributed by atoms with Crippen molar-refractivity contribution in [3.05, 3.63) is 11.9 Å². The third-order valence-electron chi connectivity index (χ3n) is 3.44. The van der Waals surface area contributed by atoms with Crippen LogP contribution in [0.4, 0.5) is 0 Å². The maximum Gasteiger partial charge on any atom is 0.0868 e. The van der Waals surface area contributed by atoms with Crippen molar-refractivity contribution < 1.29 is 4.74 Å². The van der Waals surface area contributed by atoms with Crippen molar-refractivity contribution in [1.82, 2.24) is 20.3 Å². The maximum absolute atomic E-state index is 5.24. The van der Waals surface area contributed by atoms with Crippen LogP contribution < -0.4 is 0 Å². The Morgan fingerprint density at radius 2 is 2.40 bits per heavy atom. The van der Waals surface area contributed by atoms with Crippen molar-refractivity contribution in [1.29, 1.82) is 0 Å². The van der Waals surface area contributed by atoms with Gasteiger partial charge in [-0.3, -0.25) is 4.90 Å². The predicted molar refractivity (Wildman–Crippen MR) is 54.5 cm³/mol. The molecule has 1 N–H and O–H groups in total. The number of aromatic amines is 1. The molecule has 1 atom stereocenters. The summed E-state index contributed by atoms with van der Waals surface area (Å²) in [7, 11) is 0. The van der Waals surface area contributed by atoms with Crippen LogP contribution in [0.15, 0.2) is 6.20 Å². The number of nitrogens with one attached hydrogen (secondary N) is 1. The van der Waals surface area contributed by atoms with Gasteiger partial charge in [0.15, 0.2) is 0 Å². The van der Waals surface area contributed by atoms with Gasteiger partial charge in [-0.2, -0.15) is 15.4 Å². The highest BCUT2D eigenvalue weighted by Crippen LogP contribution is 2.27. The van der Waals surface area contributed by atoms with Crippen LogP contribution >= 0.6 is 0 Å². The summed E-state index contributed by atoms with van der Waals surface area (Å²) < 4.78 is 5.24. The average molecular weight is 208 g/mol. The summed E-state index contributed by atoms with van der Waals surface area (Å²) in [6.07, 6.45) is 4.34. The Kier molecular flexibility index (Phi) is 2.42. The van der Waals surface area contributed by atoms with Crippen molar-refractivity contribution >= 4 is 0 Å². The molecule has 15 heavy (non-hydrogen) atoms. The zero-order chi connectivity index (χ0) is 10.1. The Morgan fingerprint density at radius 1 is 1.47 bits per heavy atom. The number of nitrogens with zero attached hydrogens (tertiary/aromatic N) is 3. The zero-order valence-corrected chi connectivity index (χ0v) is 8.72. The Balaban J connectivity index is 1.65. The van der Waals surface area contributed by atoms with E-state index in [0.717, 1.165) is 25.5 Å². The molecule has 1 unspecified atom stereocenters. The normalized spacial score (nSPS) is 28.9. The lowest BCUT2D eigenvalue weighted by atomic mass is 9.94. The van der Waals surface area contributed by atoms with Crippen LogP contribution in [-0.2, 0) is 4.74 Å². The van der Waals surface area contributed by atoms with Gasteiger partial charge in [-0.1, -0.05) is 0 Å². The van der Waals surface area contributed by atoms with Gasteiger partial charge >= 0.3 is 0 Å². The lowest BCUT2D eigenvalue weighted by molar-refractivity contribution is -0.0723. The lowest BCUT2D eigenvalue weighted by Gasteiger charge is -2.41. The minimum Gasteiger partial charge on any atom is -0.378 e. The van der Waals surface area contributed by atoms with E-state index >= 15 is 0 Å². The van der Waals surface area contributed by atoms with E-state index in [4.69, 9.17) is 4.74 Å². The first-order chi connectivity index (χ1) is 7.43. The second-order valence-corrected chi connectivity index (χ2v) is 4.42. The summed E-state index contributed by atoms with van der Waals surface area (Å²) >= 11 is 0. The minimum absolute atomic E-state index is 0.554. The highest BCUT2D eigenvalue weighted by molar-refractivity contribution is 5.04. The molecule has 3 rings (SSSR count). The zero-order valence-electron chi connectivity index (χ0n) is 8.72. The molecule has 2 fully saturated rings. The van der Waals surface area contributed by atoms with Crippen LogP contribution in [0, 0.1) is 0 Å². The standard InChI is InChI=1S/C10H16N4O/c1-2-8(10-4-11-13-12-10)5-14(3-1)9-6-15-7-9/h4,8-9H,1-3,5-7H2,(H,11,12,13). The van der Waals surface area contributed by atoms with Gasteiger partial charge in [0.05, 0.1) is 31.1 Å². The molecule has 2 aliphatic heterocycles. The van der Waals surface area contributed by atoms with Gasteiger partial charge in [-0.15, -0.1) is 0 Å². The molecule has 0 aromatic carbocycles. The fourth-order valence-corrected chi connectivity index (χ4v) is 2.42. The van der Waals surface area contributed by atoms with Crippen molar-refractivity contribution in [2.24, 2.45) is 0 Å². The molecule has 0 bridgehead atoms. The number of likely N-dealkylation sites (tertiary alicyclic amines) is 1. The molecule has 0 amide bonds. The van der Waals surface area contributed by atoms with Gasteiger partial charge in [-0.25, -0.2) is 0 Å². The summed E-state index contributed by atoms with van der Waals surface area (Å²) in [5.41, 5.74) is 1.11. The van der Waals surface area contributed by atoms with E-state index in [2.05, 4.69) is 20.3 Å². The largest absolute Gasteiger partial charge is 0.378 e. The van der Waals surface area contributed by atoms with Crippen LogP contribution in [0.25, 0.3) is 0 Å². The number of hydrogen-bond donors (Lipinski definition) is 1. The fraction of sp³-hybridized carbons (Fsp3) is 0.800. The molecule has 0 saturated carbocycles. The number of ether oxygens (including phenoxy) is 1. The maximum atomic E-state index is 5.24. The van der Waals surface area contributed by atoms with E-state index in [-0.39, 0.29) is 0 Å². The first-order valence-corrected chi connectivity index (χ1v) is 5.61. The average Bonchev–Trinajstić information content (AvgIpc) is 2.68. The van der Waals surface area contributed by atoms with Crippen LogP contribution in [0.5, 0.6) is 0 Å². The van der Waals surface area contributed by atoms with Gasteiger partial charge in [0, 0.05) is 12.5 Å². The highest BCUT2D eigenvalue weighted by Gasteiger charge is 2.31. The lowest BCUT2D eigenvalue weighted by Crippen LogP contribution is -2.52. The molecule has 2 saturated heterocycles. The number of rotatable bonds is 2. The summed E-state index contributed by atoms with van der Waals surface area (Å²) in [6.45, 7) is 4.14. The van der Waals surface area contributed by atoms with E-state index in [1.165, 1.54) is 19.4 Å². The molecular formula is C10H16N4O. The van der Waals surface area contributed by atoms with E-state index in [0.29, 0.717) is 12.0 Å². The summed E-state index contributed by atoms with van der Waals surface area (Å²) in [6, 6.07) is 0.653. The smallest absolute Gasteiger partial charge is 0.0868 e. The Hall–Kier alpha value is -0.940. The van der Waals surface area contributed by atoms with Gasteiger partial charge in [-0.05, 0) is 19.4 Å². The molecule has 5 heteroatoms. The monoisotopic (exact) mass is 208 g/mol. The van der Waals surface area contributed by atoms with Crippen molar-refractivity contribution in [3.8, 4) is 0 Å². The second kappa shape index (κ2) is 3.90. The number of hydrogen-bond acceptors (Lipinski definition) is 4. The first-order valence-electron chi connectivity index (χ1n) is 5.61. The van der Waals surface area contributed by atoms with E-state index in [1.807, 2.05) is 6.20 Å².